The lowest BCUT2D eigenvalue weighted by Gasteiger charge is -2.47. The summed E-state index contributed by atoms with van der Waals surface area (Å²) >= 11 is 2.25. The first-order valence-electron chi connectivity index (χ1n) is 16.8. The maximum Gasteiger partial charge on any atom is 0.605 e. The first kappa shape index (κ1) is 36.9. The van der Waals surface area contributed by atoms with Crippen LogP contribution in [0.2, 0.25) is 0 Å². The van der Waals surface area contributed by atoms with E-state index in [4.69, 9.17) is 9.31 Å². The maximum absolute atomic E-state index is 14.1. The van der Waals surface area contributed by atoms with Gasteiger partial charge < -0.3 is 29.7 Å². The van der Waals surface area contributed by atoms with Gasteiger partial charge in [-0.25, -0.2) is 4.98 Å². The van der Waals surface area contributed by atoms with Crippen LogP contribution in [0.4, 0.5) is 0 Å². The lowest BCUT2D eigenvalue weighted by atomic mass is 9.57. The molecule has 2 aromatic carbocycles. The zero-order chi connectivity index (χ0) is 35.7. The Morgan fingerprint density at radius 1 is 0.940 bits per heavy atom. The lowest BCUT2D eigenvalue weighted by molar-refractivity contribution is -0.815. The van der Waals surface area contributed by atoms with E-state index in [0.717, 1.165) is 21.1 Å². The van der Waals surface area contributed by atoms with Gasteiger partial charge in [0.15, 0.2) is 0 Å². The molecule has 2 saturated heterocycles. The highest BCUT2D eigenvalue weighted by Gasteiger charge is 2.70. The van der Waals surface area contributed by atoms with Gasteiger partial charge in [-0.3, -0.25) is 29.0 Å². The molecule has 3 amide bonds. The Labute approximate surface area is 305 Å². The van der Waals surface area contributed by atoms with Crippen LogP contribution in [0.25, 0.3) is 0 Å². The predicted octanol–water partition coefficient (Wildman–Crippen LogP) is 2.50. The highest BCUT2D eigenvalue weighted by Crippen LogP contribution is 2.39. The summed E-state index contributed by atoms with van der Waals surface area (Å²) in [4.78, 5) is 74.2. The number of rotatable bonds is 16. The maximum atomic E-state index is 14.1. The van der Waals surface area contributed by atoms with Crippen LogP contribution in [-0.4, -0.2) is 88.9 Å². The van der Waals surface area contributed by atoms with Crippen molar-refractivity contribution in [2.24, 2.45) is 5.92 Å². The van der Waals surface area contributed by atoms with Gasteiger partial charge in [0.05, 0.1) is 25.2 Å². The molecule has 3 aromatic rings. The van der Waals surface area contributed by atoms with Crippen LogP contribution in [-0.2, 0) is 41.3 Å². The molecule has 0 spiro atoms. The summed E-state index contributed by atoms with van der Waals surface area (Å²) in [7, 11) is 0. The highest BCUT2D eigenvalue weighted by molar-refractivity contribution is 14.1. The zero-order valence-corrected chi connectivity index (χ0v) is 30.3. The molecule has 0 unspecified atom stereocenters. The van der Waals surface area contributed by atoms with Gasteiger partial charge in [0.2, 0.25) is 11.8 Å². The predicted molar refractivity (Wildman–Crippen MR) is 193 cm³/mol. The number of hydrogen-bond donors (Lipinski definition) is 3. The van der Waals surface area contributed by atoms with Gasteiger partial charge >= 0.3 is 18.6 Å². The number of carbonyl (C=O) groups is 5. The SMILES string of the molecule is CC(C)C[C@H](NC(=O)[C@H](Cc1ccccc1)NC(=O)c1cnccn1)[B-]12OC(=O)C[N+]1(CCNC(=O)CCCc1ccc(I)cc1)CC(=O)O2. The molecule has 3 N–H and O–H groups in total. The number of amides is 3. The van der Waals surface area contributed by atoms with Gasteiger partial charge in [0.25, 0.3) is 5.91 Å². The summed E-state index contributed by atoms with van der Waals surface area (Å²) in [6, 6.07) is 16.3. The molecule has 2 fully saturated rings. The smallest absolute Gasteiger partial charge is 0.599 e. The van der Waals surface area contributed by atoms with Crippen LogP contribution < -0.4 is 16.0 Å². The van der Waals surface area contributed by atoms with Crippen LogP contribution in [0, 0.1) is 9.49 Å². The Morgan fingerprint density at radius 3 is 2.28 bits per heavy atom. The molecule has 0 aliphatic carbocycles. The van der Waals surface area contributed by atoms with Crippen molar-refractivity contribution in [3.8, 4) is 0 Å². The zero-order valence-electron chi connectivity index (χ0n) is 28.2. The van der Waals surface area contributed by atoms with E-state index in [1.54, 1.807) is 0 Å². The second-order valence-electron chi connectivity index (χ2n) is 13.3. The fourth-order valence-corrected chi connectivity index (χ4v) is 7.21. The third-order valence-electron chi connectivity index (χ3n) is 9.18. The summed E-state index contributed by atoms with van der Waals surface area (Å²) in [5, 5.41) is 8.74. The number of aromatic nitrogens is 2. The minimum Gasteiger partial charge on any atom is -0.599 e. The molecule has 0 radical (unpaired) electrons. The number of aryl methyl sites for hydroxylation is 1. The van der Waals surface area contributed by atoms with E-state index in [-0.39, 0.29) is 54.5 Å². The third kappa shape index (κ3) is 9.04. The summed E-state index contributed by atoms with van der Waals surface area (Å²) < 4.78 is 12.9. The Morgan fingerprint density at radius 2 is 1.64 bits per heavy atom. The molecule has 5 rings (SSSR count). The van der Waals surface area contributed by atoms with Gasteiger partial charge in [-0.15, -0.1) is 0 Å². The Bertz CT molecular complexity index is 1660. The van der Waals surface area contributed by atoms with E-state index in [1.165, 1.54) is 18.6 Å². The van der Waals surface area contributed by atoms with Crippen molar-refractivity contribution in [3.63, 3.8) is 0 Å². The van der Waals surface area contributed by atoms with Gasteiger partial charge in [-0.2, -0.15) is 0 Å². The minimum absolute atomic E-state index is 0.00778. The van der Waals surface area contributed by atoms with Crippen LogP contribution in [0.15, 0.2) is 73.2 Å². The van der Waals surface area contributed by atoms with Crippen LogP contribution in [0.1, 0.15) is 54.7 Å². The van der Waals surface area contributed by atoms with Gasteiger partial charge in [-0.05, 0) is 71.0 Å². The van der Waals surface area contributed by atoms with E-state index < -0.39 is 42.4 Å². The number of quaternary nitrogens is 1. The van der Waals surface area contributed by atoms with Crippen molar-refractivity contribution in [2.45, 2.75) is 57.9 Å². The standard InChI is InChI=1S/C35H42BIN6O7/c1-24(2)19-30(42-34(47)28(20-26-7-4-3-5-8-26)41-35(48)29-21-38-15-16-39-29)36-43(22-32(45)49-36,23-33(46)50-36)18-17-40-31(44)10-6-9-25-11-13-27(37)14-12-25/h3-5,7-8,11-16,21,24,28,30H,6,9-10,17-20,22-23H2,1-2H3,(H,40,44)(H,41,48)(H,42,47)/t28-,30-,36?,43?/m0/s1. The molecule has 1 aromatic heterocycles. The number of nitrogens with zero attached hydrogens (tertiary/aromatic N) is 3. The minimum atomic E-state index is -2.77. The fourth-order valence-electron chi connectivity index (χ4n) is 6.85. The fraction of sp³-hybridized carbons (Fsp3) is 0.400. The van der Waals surface area contributed by atoms with E-state index in [1.807, 2.05) is 68.4 Å². The van der Waals surface area contributed by atoms with E-state index in [0.29, 0.717) is 19.3 Å². The van der Waals surface area contributed by atoms with Crippen molar-refractivity contribution in [1.29, 1.82) is 0 Å². The molecule has 264 valence electrons. The number of fused-ring (bicyclic) bond motifs is 1. The molecular weight excluding hydrogens is 754 g/mol. The normalized spacial score (nSPS) is 20.7. The number of carbonyl (C=O) groups excluding carboxylic acids is 5. The van der Waals surface area contributed by atoms with Crippen LogP contribution >= 0.6 is 22.6 Å². The molecular formula is C35H42BIN6O7. The molecule has 13 nitrogen and oxygen atoms in total. The number of halogens is 1. The average Bonchev–Trinajstić information content (AvgIpc) is 3.51. The van der Waals surface area contributed by atoms with Gasteiger partial charge in [0.1, 0.15) is 24.8 Å². The topological polar surface area (TPSA) is 166 Å². The summed E-state index contributed by atoms with van der Waals surface area (Å²) in [6.07, 6.45) is 6.36. The highest BCUT2D eigenvalue weighted by atomic mass is 127. The summed E-state index contributed by atoms with van der Waals surface area (Å²) in [5.41, 5.74) is 2.00. The Balaban J connectivity index is 1.32. The molecule has 0 bridgehead atoms. The van der Waals surface area contributed by atoms with Crippen molar-refractivity contribution >= 4 is 58.9 Å². The molecule has 2 aliphatic heterocycles. The van der Waals surface area contributed by atoms with Crippen molar-refractivity contribution in [3.05, 3.63) is 93.6 Å². The molecule has 2 aliphatic rings. The second kappa shape index (κ2) is 16.6. The molecule has 2 atom stereocenters. The Hall–Kier alpha value is -4.38. The first-order valence-corrected chi connectivity index (χ1v) is 17.9. The molecule has 3 heterocycles. The Kier molecular flexibility index (Phi) is 12.2. The van der Waals surface area contributed by atoms with Gasteiger partial charge in [-0.1, -0.05) is 56.3 Å². The molecule has 50 heavy (non-hydrogen) atoms. The van der Waals surface area contributed by atoms with Crippen molar-refractivity contribution in [1.82, 2.24) is 25.9 Å². The van der Waals surface area contributed by atoms with E-state index >= 15 is 0 Å². The quantitative estimate of drug-likeness (QED) is 0.146. The molecule has 15 heteroatoms. The van der Waals surface area contributed by atoms with E-state index in [9.17, 15) is 24.0 Å². The van der Waals surface area contributed by atoms with Crippen LogP contribution in [0.3, 0.4) is 0 Å². The number of hydrogen-bond acceptors (Lipinski definition) is 9. The third-order valence-corrected chi connectivity index (χ3v) is 9.89. The lowest BCUT2D eigenvalue weighted by Crippen LogP contribution is -2.74. The van der Waals surface area contributed by atoms with Crippen molar-refractivity contribution in [2.75, 3.05) is 26.2 Å². The average molecular weight is 796 g/mol. The largest absolute Gasteiger partial charge is 0.605 e. The summed E-state index contributed by atoms with van der Waals surface area (Å²) in [5.74, 6) is -3.29. The van der Waals surface area contributed by atoms with E-state index in [2.05, 4.69) is 48.5 Å². The van der Waals surface area contributed by atoms with Crippen molar-refractivity contribution < 1.29 is 37.7 Å². The van der Waals surface area contributed by atoms with Gasteiger partial charge in [0, 0.05) is 28.8 Å². The summed E-state index contributed by atoms with van der Waals surface area (Å²) in [6.45, 7) is 1.19. The number of nitrogens with one attached hydrogen (secondary N) is 3. The monoisotopic (exact) mass is 796 g/mol. The second-order valence-corrected chi connectivity index (χ2v) is 14.6. The molecule has 0 saturated carbocycles. The number of benzene rings is 2. The van der Waals surface area contributed by atoms with Crippen LogP contribution in [0.5, 0.6) is 0 Å². The first-order chi connectivity index (χ1) is 24.0.